The predicted molar refractivity (Wildman–Crippen MR) is 122 cm³/mol. The number of anilines is 1. The second-order valence-electron chi connectivity index (χ2n) is 7.47. The summed E-state index contributed by atoms with van der Waals surface area (Å²) in [6, 6.07) is 12.5. The Morgan fingerprint density at radius 3 is 2.50 bits per heavy atom. The number of nitrogens with one attached hydrogen (secondary N) is 2. The van der Waals surface area contributed by atoms with Gasteiger partial charge in [0.2, 0.25) is 11.8 Å². The highest BCUT2D eigenvalue weighted by atomic mass is 32.2. The Balaban J connectivity index is 1.84. The van der Waals surface area contributed by atoms with Gasteiger partial charge in [0, 0.05) is 22.7 Å². The fraction of sp³-hybridized carbons (Fsp3) is 0.217. The summed E-state index contributed by atoms with van der Waals surface area (Å²) in [5, 5.41) is 7.06. The number of nitrogens with zero attached hydrogens (tertiary/aromatic N) is 2. The minimum Gasteiger partial charge on any atom is -0.445 e. The van der Waals surface area contributed by atoms with Crippen molar-refractivity contribution in [2.24, 2.45) is 0 Å². The summed E-state index contributed by atoms with van der Waals surface area (Å²) in [6.07, 6.45) is 3.11. The van der Waals surface area contributed by atoms with Crippen molar-refractivity contribution in [2.75, 3.05) is 11.8 Å². The highest BCUT2D eigenvalue weighted by Crippen LogP contribution is 2.36. The van der Waals surface area contributed by atoms with E-state index in [-0.39, 0.29) is 16.8 Å². The molecule has 8 nitrogen and oxygen atoms in total. The maximum absolute atomic E-state index is 13.3. The van der Waals surface area contributed by atoms with Crippen molar-refractivity contribution in [3.63, 3.8) is 0 Å². The van der Waals surface area contributed by atoms with Crippen molar-refractivity contribution >= 4 is 15.9 Å². The van der Waals surface area contributed by atoms with Crippen molar-refractivity contribution in [2.45, 2.75) is 31.7 Å². The first-order chi connectivity index (χ1) is 15.3. The maximum Gasteiger partial charge on any atom is 0.264 e. The van der Waals surface area contributed by atoms with Gasteiger partial charge in [-0.15, -0.1) is 0 Å². The molecule has 0 fully saturated rings. The van der Waals surface area contributed by atoms with Crippen LogP contribution < -0.4 is 10.0 Å². The number of hydrogen-bond acceptors (Lipinski definition) is 7. The van der Waals surface area contributed by atoms with E-state index in [0.717, 1.165) is 16.7 Å². The molecule has 0 aliphatic carbocycles. The van der Waals surface area contributed by atoms with Crippen LogP contribution in [0.15, 0.2) is 68.8 Å². The summed E-state index contributed by atoms with van der Waals surface area (Å²) < 4.78 is 39.8. The summed E-state index contributed by atoms with van der Waals surface area (Å²) in [7, 11) is -2.09. The molecular formula is C23H24N4O4S. The van der Waals surface area contributed by atoms with Crippen molar-refractivity contribution in [1.29, 1.82) is 0 Å². The summed E-state index contributed by atoms with van der Waals surface area (Å²) in [5.74, 6) is 0.611. The van der Waals surface area contributed by atoms with E-state index in [2.05, 4.69) is 20.2 Å². The Hall–Kier alpha value is -3.43. The van der Waals surface area contributed by atoms with E-state index in [1.165, 1.54) is 6.26 Å². The van der Waals surface area contributed by atoms with E-state index in [9.17, 15) is 8.42 Å². The van der Waals surface area contributed by atoms with E-state index < -0.39 is 10.0 Å². The molecule has 0 saturated heterocycles. The molecule has 0 bridgehead atoms. The molecule has 0 aliphatic rings. The third kappa shape index (κ3) is 4.04. The van der Waals surface area contributed by atoms with Gasteiger partial charge in [0.1, 0.15) is 6.26 Å². The van der Waals surface area contributed by atoms with Crippen LogP contribution in [0.2, 0.25) is 0 Å². The Kier molecular flexibility index (Phi) is 5.86. The molecule has 0 aliphatic heterocycles. The zero-order valence-electron chi connectivity index (χ0n) is 18.2. The second-order valence-corrected chi connectivity index (χ2v) is 9.12. The zero-order chi connectivity index (χ0) is 22.9. The quantitative estimate of drug-likeness (QED) is 0.418. The Morgan fingerprint density at radius 2 is 1.84 bits per heavy atom. The van der Waals surface area contributed by atoms with E-state index in [4.69, 9.17) is 8.94 Å². The smallest absolute Gasteiger partial charge is 0.264 e. The van der Waals surface area contributed by atoms with Crippen molar-refractivity contribution in [3.8, 4) is 22.6 Å². The first kappa shape index (κ1) is 21.8. The van der Waals surface area contributed by atoms with Gasteiger partial charge in [-0.2, -0.15) is 0 Å². The Morgan fingerprint density at radius 1 is 1.06 bits per heavy atom. The predicted octanol–water partition coefficient (Wildman–Crippen LogP) is 4.69. The van der Waals surface area contributed by atoms with Gasteiger partial charge in [0.05, 0.1) is 16.8 Å². The summed E-state index contributed by atoms with van der Waals surface area (Å²) in [6.45, 7) is 5.52. The number of aromatic nitrogens is 2. The van der Waals surface area contributed by atoms with Gasteiger partial charge in [-0.05, 0) is 57.1 Å². The molecule has 2 aromatic heterocycles. The van der Waals surface area contributed by atoms with Crippen molar-refractivity contribution in [3.05, 3.63) is 71.7 Å². The molecule has 0 radical (unpaired) electrons. The normalized spacial score (nSPS) is 12.6. The molecule has 1 unspecified atom stereocenters. The number of sulfonamides is 1. The highest BCUT2D eigenvalue weighted by Gasteiger charge is 2.24. The third-order valence-corrected chi connectivity index (χ3v) is 6.87. The van der Waals surface area contributed by atoms with Crippen LogP contribution in [0, 0.1) is 13.8 Å². The Labute approximate surface area is 186 Å². The number of rotatable bonds is 7. The molecule has 2 heterocycles. The fourth-order valence-electron chi connectivity index (χ4n) is 3.43. The van der Waals surface area contributed by atoms with Gasteiger partial charge in [-0.3, -0.25) is 0 Å². The molecule has 166 valence electrons. The largest absolute Gasteiger partial charge is 0.445 e. The van der Waals surface area contributed by atoms with Crippen LogP contribution in [0.4, 0.5) is 5.88 Å². The molecule has 0 spiro atoms. The maximum atomic E-state index is 13.3. The SMILES string of the molecule is CNC(C)c1cc(-c2ncco2)ccc1-c1ccccc1S(=O)(=O)Nc1onc(C)c1C. The first-order valence-corrected chi connectivity index (χ1v) is 11.6. The van der Waals surface area contributed by atoms with Crippen molar-refractivity contribution < 1.29 is 17.4 Å². The van der Waals surface area contributed by atoms with E-state index in [1.54, 1.807) is 38.2 Å². The van der Waals surface area contributed by atoms with Gasteiger partial charge in [0.25, 0.3) is 10.0 Å². The standard InChI is InChI=1S/C23H24N4O4S/c1-14-15(2)26-31-22(14)27-32(28,29)21-8-6-5-7-19(21)18-10-9-17(23-25-11-12-30-23)13-20(18)16(3)24-4/h5-13,16,24,27H,1-4H3. The third-order valence-electron chi connectivity index (χ3n) is 5.48. The van der Waals surface area contributed by atoms with Crippen LogP contribution in [0.25, 0.3) is 22.6 Å². The number of benzene rings is 2. The summed E-state index contributed by atoms with van der Waals surface area (Å²) >= 11 is 0. The molecule has 4 rings (SSSR count). The molecule has 4 aromatic rings. The molecule has 0 amide bonds. The molecule has 2 N–H and O–H groups in total. The second kappa shape index (κ2) is 8.60. The van der Waals surface area contributed by atoms with Crippen LogP contribution >= 0.6 is 0 Å². The minimum absolute atomic E-state index is 0.0530. The number of hydrogen-bond donors (Lipinski definition) is 2. The fourth-order valence-corrected chi connectivity index (χ4v) is 4.70. The lowest BCUT2D eigenvalue weighted by Crippen LogP contribution is -2.16. The van der Waals surface area contributed by atoms with Gasteiger partial charge < -0.3 is 14.3 Å². The van der Waals surface area contributed by atoms with E-state index in [1.807, 2.05) is 38.2 Å². The van der Waals surface area contributed by atoms with Crippen LogP contribution in [-0.2, 0) is 10.0 Å². The monoisotopic (exact) mass is 452 g/mol. The van der Waals surface area contributed by atoms with Gasteiger partial charge in [0.15, 0.2) is 0 Å². The Bertz CT molecular complexity index is 1340. The van der Waals surface area contributed by atoms with E-state index >= 15 is 0 Å². The summed E-state index contributed by atoms with van der Waals surface area (Å²) in [5.41, 5.74) is 4.35. The molecule has 32 heavy (non-hydrogen) atoms. The van der Waals surface area contributed by atoms with Crippen LogP contribution in [0.5, 0.6) is 0 Å². The average Bonchev–Trinajstić information content (AvgIpc) is 3.44. The minimum atomic E-state index is -3.94. The molecule has 2 aromatic carbocycles. The van der Waals surface area contributed by atoms with Crippen LogP contribution in [0.3, 0.4) is 0 Å². The molecule has 1 atom stereocenters. The van der Waals surface area contributed by atoms with Gasteiger partial charge >= 0.3 is 0 Å². The lowest BCUT2D eigenvalue weighted by molar-refractivity contribution is 0.430. The summed E-state index contributed by atoms with van der Waals surface area (Å²) in [4.78, 5) is 4.36. The molecule has 9 heteroatoms. The van der Waals surface area contributed by atoms with Crippen LogP contribution in [-0.4, -0.2) is 25.6 Å². The van der Waals surface area contributed by atoms with E-state index in [0.29, 0.717) is 22.7 Å². The first-order valence-electron chi connectivity index (χ1n) is 10.1. The lowest BCUT2D eigenvalue weighted by Gasteiger charge is -2.19. The molecular weight excluding hydrogens is 428 g/mol. The van der Waals surface area contributed by atoms with Gasteiger partial charge in [-0.25, -0.2) is 18.1 Å². The lowest BCUT2D eigenvalue weighted by atomic mass is 9.93. The topological polar surface area (TPSA) is 110 Å². The highest BCUT2D eigenvalue weighted by molar-refractivity contribution is 7.92. The van der Waals surface area contributed by atoms with Crippen molar-refractivity contribution in [1.82, 2.24) is 15.5 Å². The van der Waals surface area contributed by atoms with Crippen LogP contribution in [0.1, 0.15) is 29.8 Å². The molecule has 0 saturated carbocycles. The number of oxazole rings is 1. The zero-order valence-corrected chi connectivity index (χ0v) is 19.0. The average molecular weight is 453 g/mol. The number of aryl methyl sites for hydroxylation is 1. The van der Waals surface area contributed by atoms with Gasteiger partial charge in [-0.1, -0.05) is 29.4 Å².